The van der Waals surface area contributed by atoms with Crippen molar-refractivity contribution in [3.05, 3.63) is 71.5 Å². The number of allylic oxidation sites excluding steroid dienone is 1. The van der Waals surface area contributed by atoms with Gasteiger partial charge in [-0.3, -0.25) is 4.79 Å². The first-order valence-electron chi connectivity index (χ1n) is 7.74. The van der Waals surface area contributed by atoms with Crippen LogP contribution in [-0.4, -0.2) is 27.7 Å². The molecule has 0 amide bonds. The van der Waals surface area contributed by atoms with Crippen LogP contribution in [0.25, 0.3) is 16.6 Å². The highest BCUT2D eigenvalue weighted by Crippen LogP contribution is 2.18. The molecule has 0 unspecified atom stereocenters. The topological polar surface area (TPSA) is 99.0 Å². The minimum absolute atomic E-state index is 0.0694. The molecule has 0 fully saturated rings. The van der Waals surface area contributed by atoms with Crippen LogP contribution in [0.3, 0.4) is 0 Å². The molecule has 0 aliphatic rings. The van der Waals surface area contributed by atoms with Crippen LogP contribution in [0, 0.1) is 17.1 Å². The molecule has 1 aromatic heterocycles. The molecule has 130 valence electrons. The fourth-order valence-corrected chi connectivity index (χ4v) is 2.37. The van der Waals surface area contributed by atoms with Crippen LogP contribution >= 0.6 is 0 Å². The summed E-state index contributed by atoms with van der Waals surface area (Å²) >= 11 is 0. The fraction of sp³-hybridized carbons (Fsp3) is 0.105. The molecule has 0 saturated carbocycles. The maximum Gasteiger partial charge on any atom is 0.310 e. The van der Waals surface area contributed by atoms with Crippen LogP contribution in [0.1, 0.15) is 11.4 Å². The van der Waals surface area contributed by atoms with Gasteiger partial charge in [-0.25, -0.2) is 9.37 Å². The third kappa shape index (κ3) is 3.87. The van der Waals surface area contributed by atoms with E-state index in [1.54, 1.807) is 18.2 Å². The van der Waals surface area contributed by atoms with Crippen molar-refractivity contribution in [2.24, 2.45) is 0 Å². The number of halogens is 1. The van der Waals surface area contributed by atoms with Crippen LogP contribution in [0.5, 0.6) is 0 Å². The lowest BCUT2D eigenvalue weighted by Gasteiger charge is -2.06. The van der Waals surface area contributed by atoms with Crippen molar-refractivity contribution in [3.63, 3.8) is 0 Å². The number of aliphatic hydroxyl groups is 1. The molecule has 0 aliphatic carbocycles. The average molecular weight is 351 g/mol. The number of esters is 1. The van der Waals surface area contributed by atoms with Gasteiger partial charge in [0.2, 0.25) is 0 Å². The molecule has 6 nitrogen and oxygen atoms in total. The number of H-pyrrole nitrogens is 1. The second-order valence-electron chi connectivity index (χ2n) is 5.50. The van der Waals surface area contributed by atoms with Crippen molar-refractivity contribution in [3.8, 4) is 6.07 Å². The lowest BCUT2D eigenvalue weighted by atomic mass is 10.1. The Balaban J connectivity index is 1.69. The quantitative estimate of drug-likeness (QED) is 0.417. The number of carbonyl (C=O) groups is 1. The SMILES string of the molecule is N#C/C(=C(/O)COC(=O)Cc1ccc(F)cc1)c1nc2ccccc2[nH]1. The van der Waals surface area contributed by atoms with Crippen LogP contribution in [0.2, 0.25) is 0 Å². The predicted octanol–water partition coefficient (Wildman–Crippen LogP) is 3.28. The largest absolute Gasteiger partial charge is 0.507 e. The minimum atomic E-state index is -0.606. The Kier molecular flexibility index (Phi) is 4.94. The second kappa shape index (κ2) is 7.49. The maximum atomic E-state index is 12.8. The molecule has 0 radical (unpaired) electrons. The number of hydrogen-bond donors (Lipinski definition) is 2. The first-order valence-corrected chi connectivity index (χ1v) is 7.74. The summed E-state index contributed by atoms with van der Waals surface area (Å²) in [5, 5.41) is 19.4. The standard InChI is InChI=1S/C19H14FN3O3/c20-13-7-5-12(6-8-13)9-18(25)26-11-17(24)14(10-21)19-22-15-3-1-2-4-16(15)23-19/h1-8,24H,9,11H2,(H,22,23)/b17-14-. The molecular weight excluding hydrogens is 337 g/mol. The van der Waals surface area contributed by atoms with E-state index in [-0.39, 0.29) is 17.8 Å². The number of benzene rings is 2. The van der Waals surface area contributed by atoms with Gasteiger partial charge in [0.1, 0.15) is 24.1 Å². The third-order valence-corrected chi connectivity index (χ3v) is 3.66. The van der Waals surface area contributed by atoms with E-state index in [1.807, 2.05) is 12.1 Å². The summed E-state index contributed by atoms with van der Waals surface area (Å²) in [6, 6.07) is 14.5. The molecule has 2 aromatic carbocycles. The summed E-state index contributed by atoms with van der Waals surface area (Å²) in [7, 11) is 0. The number of fused-ring (bicyclic) bond motifs is 1. The Morgan fingerprint density at radius 2 is 1.96 bits per heavy atom. The summed E-state index contributed by atoms with van der Waals surface area (Å²) in [4.78, 5) is 19.0. The Morgan fingerprint density at radius 1 is 1.23 bits per heavy atom. The number of aromatic nitrogens is 2. The minimum Gasteiger partial charge on any atom is -0.507 e. The summed E-state index contributed by atoms with van der Waals surface area (Å²) in [6.45, 7) is -0.458. The van der Waals surface area contributed by atoms with Gasteiger partial charge in [-0.05, 0) is 29.8 Å². The van der Waals surface area contributed by atoms with Crippen LogP contribution < -0.4 is 0 Å². The molecule has 2 N–H and O–H groups in total. The van der Waals surface area contributed by atoms with E-state index < -0.39 is 24.2 Å². The number of nitrogens with zero attached hydrogens (tertiary/aromatic N) is 2. The highest BCUT2D eigenvalue weighted by Gasteiger charge is 2.15. The average Bonchev–Trinajstić information content (AvgIpc) is 3.06. The van der Waals surface area contributed by atoms with E-state index in [4.69, 9.17) is 4.74 Å². The van der Waals surface area contributed by atoms with Gasteiger partial charge in [0.15, 0.2) is 11.6 Å². The summed E-state index contributed by atoms with van der Waals surface area (Å²) < 4.78 is 17.8. The number of hydrogen-bond acceptors (Lipinski definition) is 5. The lowest BCUT2D eigenvalue weighted by Crippen LogP contribution is -2.11. The van der Waals surface area contributed by atoms with Crippen LogP contribution in [0.15, 0.2) is 54.3 Å². The van der Waals surface area contributed by atoms with Gasteiger partial charge >= 0.3 is 5.97 Å². The van der Waals surface area contributed by atoms with Crippen LogP contribution in [-0.2, 0) is 16.0 Å². The number of imidazole rings is 1. The van der Waals surface area contributed by atoms with Crippen molar-refractivity contribution in [1.82, 2.24) is 9.97 Å². The molecule has 3 aromatic rings. The Hall–Kier alpha value is -3.66. The van der Waals surface area contributed by atoms with Gasteiger partial charge in [0, 0.05) is 0 Å². The third-order valence-electron chi connectivity index (χ3n) is 3.66. The first-order chi connectivity index (χ1) is 12.6. The van der Waals surface area contributed by atoms with E-state index in [9.17, 15) is 19.6 Å². The van der Waals surface area contributed by atoms with Gasteiger partial charge in [0.25, 0.3) is 0 Å². The fourth-order valence-electron chi connectivity index (χ4n) is 2.37. The highest BCUT2D eigenvalue weighted by atomic mass is 19.1. The molecule has 0 spiro atoms. The van der Waals surface area contributed by atoms with Gasteiger partial charge in [-0.15, -0.1) is 0 Å². The Morgan fingerprint density at radius 3 is 2.65 bits per heavy atom. The normalized spacial score (nSPS) is 11.7. The van der Waals surface area contributed by atoms with Gasteiger partial charge in [0.05, 0.1) is 17.5 Å². The molecule has 0 aliphatic heterocycles. The number of aromatic amines is 1. The smallest absolute Gasteiger partial charge is 0.310 e. The molecule has 1 heterocycles. The molecule has 3 rings (SSSR count). The van der Waals surface area contributed by atoms with E-state index in [0.717, 1.165) is 5.52 Å². The van der Waals surface area contributed by atoms with Crippen molar-refractivity contribution >= 4 is 22.6 Å². The molecule has 0 atom stereocenters. The van der Waals surface area contributed by atoms with E-state index in [0.29, 0.717) is 11.1 Å². The van der Waals surface area contributed by atoms with Crippen molar-refractivity contribution in [1.29, 1.82) is 5.26 Å². The zero-order valence-electron chi connectivity index (χ0n) is 13.6. The molecule has 26 heavy (non-hydrogen) atoms. The summed E-state index contributed by atoms with van der Waals surface area (Å²) in [5.41, 5.74) is 1.85. The van der Waals surface area contributed by atoms with E-state index >= 15 is 0 Å². The molecule has 0 bridgehead atoms. The van der Waals surface area contributed by atoms with Gasteiger partial charge in [-0.1, -0.05) is 24.3 Å². The highest BCUT2D eigenvalue weighted by molar-refractivity contribution is 5.83. The Labute approximate surface area is 148 Å². The maximum absolute atomic E-state index is 12.8. The Bertz CT molecular complexity index is 983. The number of ether oxygens (including phenoxy) is 1. The number of carbonyl (C=O) groups excluding carboxylic acids is 1. The summed E-state index contributed by atoms with van der Waals surface area (Å²) in [6.07, 6.45) is -0.0694. The van der Waals surface area contributed by atoms with E-state index in [2.05, 4.69) is 9.97 Å². The van der Waals surface area contributed by atoms with Crippen molar-refractivity contribution in [2.45, 2.75) is 6.42 Å². The lowest BCUT2D eigenvalue weighted by molar-refractivity contribution is -0.142. The monoisotopic (exact) mass is 351 g/mol. The van der Waals surface area contributed by atoms with E-state index in [1.165, 1.54) is 24.3 Å². The number of nitrogens with one attached hydrogen (secondary N) is 1. The van der Waals surface area contributed by atoms with Gasteiger partial charge < -0.3 is 14.8 Å². The molecule has 7 heteroatoms. The zero-order valence-corrected chi connectivity index (χ0v) is 13.6. The second-order valence-corrected chi connectivity index (χ2v) is 5.50. The van der Waals surface area contributed by atoms with Crippen LogP contribution in [0.4, 0.5) is 4.39 Å². The molecule has 0 saturated heterocycles. The zero-order chi connectivity index (χ0) is 18.5. The number of para-hydroxylation sites is 2. The first kappa shape index (κ1) is 17.2. The number of aliphatic hydroxyl groups excluding tert-OH is 1. The number of rotatable bonds is 5. The molecular formula is C19H14FN3O3. The van der Waals surface area contributed by atoms with Crippen molar-refractivity contribution < 1.29 is 19.0 Å². The van der Waals surface area contributed by atoms with Gasteiger partial charge in [-0.2, -0.15) is 5.26 Å². The van der Waals surface area contributed by atoms with Crippen molar-refractivity contribution in [2.75, 3.05) is 6.61 Å². The summed E-state index contributed by atoms with van der Waals surface area (Å²) in [5.74, 6) is -1.21. The predicted molar refractivity (Wildman–Crippen MR) is 92.3 cm³/mol. The number of nitriles is 1.